The number of sulfonamides is 1. The zero-order valence-corrected chi connectivity index (χ0v) is 11.2. The first kappa shape index (κ1) is 14.4. The minimum atomic E-state index is -4.18. The van der Waals surface area contributed by atoms with Gasteiger partial charge in [-0.15, -0.1) is 0 Å². The van der Waals surface area contributed by atoms with Gasteiger partial charge in [0.25, 0.3) is 0 Å². The summed E-state index contributed by atoms with van der Waals surface area (Å²) in [5.41, 5.74) is 0. The molecule has 0 bridgehead atoms. The van der Waals surface area contributed by atoms with Crippen molar-refractivity contribution in [3.8, 4) is 5.75 Å². The first-order valence-electron chi connectivity index (χ1n) is 5.40. The largest absolute Gasteiger partial charge is 0.480 e. The molecule has 0 unspecified atom stereocenters. The summed E-state index contributed by atoms with van der Waals surface area (Å²) in [4.78, 5) is 3.27. The molecule has 0 saturated heterocycles. The van der Waals surface area contributed by atoms with Gasteiger partial charge in [0.2, 0.25) is 10.0 Å². The summed E-state index contributed by atoms with van der Waals surface area (Å²) in [7, 11) is -2.48. The van der Waals surface area contributed by atoms with Crippen LogP contribution >= 0.6 is 0 Å². The molecule has 0 atom stereocenters. The molecule has 2 N–H and O–H groups in total. The van der Waals surface area contributed by atoms with Gasteiger partial charge in [-0.2, -0.15) is 0 Å². The highest BCUT2D eigenvalue weighted by Crippen LogP contribution is 2.25. The first-order chi connectivity index (χ1) is 9.29. The lowest BCUT2D eigenvalue weighted by Gasteiger charge is -2.09. The Labute approximate surface area is 113 Å². The van der Waals surface area contributed by atoms with Crippen molar-refractivity contribution in [2.45, 2.75) is 11.5 Å². The predicted molar refractivity (Wildman–Crippen MR) is 65.3 cm³/mol. The molecule has 20 heavy (non-hydrogen) atoms. The van der Waals surface area contributed by atoms with Gasteiger partial charge in [0.15, 0.2) is 17.4 Å². The Bertz CT molecular complexity index is 720. The van der Waals surface area contributed by atoms with Crippen LogP contribution in [-0.4, -0.2) is 18.0 Å². The summed E-state index contributed by atoms with van der Waals surface area (Å²) in [6, 6.07) is 1.21. The second-order valence-electron chi connectivity index (χ2n) is 4.00. The molecule has 0 radical (unpaired) electrons. The van der Waals surface area contributed by atoms with E-state index in [0.29, 0.717) is 18.0 Å². The van der Waals surface area contributed by atoms with E-state index in [9.17, 15) is 17.2 Å². The number of benzene rings is 1. The zero-order valence-electron chi connectivity index (χ0n) is 10.4. The summed E-state index contributed by atoms with van der Waals surface area (Å²) in [6.45, 7) is -0.161. The van der Waals surface area contributed by atoms with Crippen LogP contribution in [0, 0.1) is 11.6 Å². The highest BCUT2D eigenvalue weighted by Gasteiger charge is 2.18. The van der Waals surface area contributed by atoms with E-state index in [1.807, 2.05) is 0 Å². The summed E-state index contributed by atoms with van der Waals surface area (Å²) in [5.74, 6) is -2.52. The molecule has 9 heteroatoms. The smallest absolute Gasteiger partial charge is 0.238 e. The lowest BCUT2D eigenvalue weighted by atomic mass is 10.3. The van der Waals surface area contributed by atoms with Crippen LogP contribution in [0.1, 0.15) is 5.82 Å². The Balaban J connectivity index is 2.27. The molecule has 1 aromatic carbocycles. The van der Waals surface area contributed by atoms with E-state index in [4.69, 9.17) is 9.88 Å². The number of primary sulfonamides is 1. The standard InChI is InChI=1S/C11H11F2N3O3S/c1-16-3-2-15-10(16)6-19-11-8(12)4-7(5-9(11)13)20(14,17)18/h2-5H,6H2,1H3,(H2,14,17,18). The molecule has 0 fully saturated rings. The zero-order chi connectivity index (χ0) is 14.9. The lowest BCUT2D eigenvalue weighted by Crippen LogP contribution is -2.13. The fourth-order valence-corrected chi connectivity index (χ4v) is 2.05. The fourth-order valence-electron chi connectivity index (χ4n) is 1.51. The SMILES string of the molecule is Cn1ccnc1COc1c(F)cc(S(N)(=O)=O)cc1F. The van der Waals surface area contributed by atoms with Crippen molar-refractivity contribution < 1.29 is 21.9 Å². The van der Waals surface area contributed by atoms with Gasteiger partial charge in [-0.3, -0.25) is 0 Å². The quantitative estimate of drug-likeness (QED) is 0.910. The van der Waals surface area contributed by atoms with Crippen molar-refractivity contribution in [3.05, 3.63) is 42.0 Å². The number of rotatable bonds is 4. The van der Waals surface area contributed by atoms with Crippen LogP contribution in [0.2, 0.25) is 0 Å². The monoisotopic (exact) mass is 303 g/mol. The molecule has 0 spiro atoms. The average molecular weight is 303 g/mol. The Hall–Kier alpha value is -2.00. The molecule has 108 valence electrons. The molecule has 0 aliphatic heterocycles. The second-order valence-corrected chi connectivity index (χ2v) is 5.57. The van der Waals surface area contributed by atoms with E-state index in [2.05, 4.69) is 4.98 Å². The number of hydrogen-bond donors (Lipinski definition) is 1. The van der Waals surface area contributed by atoms with Crippen molar-refractivity contribution in [1.82, 2.24) is 9.55 Å². The normalized spacial score (nSPS) is 11.6. The predicted octanol–water partition coefficient (Wildman–Crippen LogP) is 0.925. The van der Waals surface area contributed by atoms with E-state index in [-0.39, 0.29) is 6.61 Å². The topological polar surface area (TPSA) is 87.2 Å². The molecule has 0 aliphatic carbocycles. The Morgan fingerprint density at radius 1 is 1.35 bits per heavy atom. The van der Waals surface area contributed by atoms with Gasteiger partial charge >= 0.3 is 0 Å². The number of imidazole rings is 1. The highest BCUT2D eigenvalue weighted by atomic mass is 32.2. The summed E-state index contributed by atoms with van der Waals surface area (Å²) in [6.07, 6.45) is 3.16. The summed E-state index contributed by atoms with van der Waals surface area (Å²) in [5, 5.41) is 4.80. The van der Waals surface area contributed by atoms with E-state index >= 15 is 0 Å². The molecular weight excluding hydrogens is 292 g/mol. The van der Waals surface area contributed by atoms with Crippen LogP contribution < -0.4 is 9.88 Å². The van der Waals surface area contributed by atoms with Crippen LogP contribution in [0.15, 0.2) is 29.4 Å². The van der Waals surface area contributed by atoms with Crippen LogP contribution in [-0.2, 0) is 23.7 Å². The van der Waals surface area contributed by atoms with Gasteiger partial charge in [0.1, 0.15) is 12.4 Å². The molecule has 2 aromatic rings. The molecule has 1 heterocycles. The number of aromatic nitrogens is 2. The van der Waals surface area contributed by atoms with Crippen molar-refractivity contribution in [1.29, 1.82) is 0 Å². The first-order valence-corrected chi connectivity index (χ1v) is 6.94. The number of nitrogens with two attached hydrogens (primary N) is 1. The lowest BCUT2D eigenvalue weighted by molar-refractivity contribution is 0.262. The third-order valence-electron chi connectivity index (χ3n) is 2.57. The van der Waals surface area contributed by atoms with Gasteiger partial charge in [0, 0.05) is 19.4 Å². The maximum Gasteiger partial charge on any atom is 0.238 e. The second kappa shape index (κ2) is 5.17. The number of nitrogens with zero attached hydrogens (tertiary/aromatic N) is 2. The number of hydrogen-bond acceptors (Lipinski definition) is 4. The third-order valence-corrected chi connectivity index (χ3v) is 3.46. The van der Waals surface area contributed by atoms with Gasteiger partial charge in [0.05, 0.1) is 4.90 Å². The fraction of sp³-hybridized carbons (Fsp3) is 0.182. The van der Waals surface area contributed by atoms with Crippen molar-refractivity contribution in [2.75, 3.05) is 0 Å². The molecule has 0 aliphatic rings. The molecule has 0 saturated carbocycles. The van der Waals surface area contributed by atoms with Crippen LogP contribution in [0.4, 0.5) is 8.78 Å². The summed E-state index contributed by atoms with van der Waals surface area (Å²) >= 11 is 0. The maximum atomic E-state index is 13.7. The van der Waals surface area contributed by atoms with Gasteiger partial charge in [-0.05, 0) is 12.1 Å². The minimum Gasteiger partial charge on any atom is -0.480 e. The van der Waals surface area contributed by atoms with Crippen LogP contribution in [0.5, 0.6) is 5.75 Å². The van der Waals surface area contributed by atoms with Crippen molar-refractivity contribution in [2.24, 2.45) is 12.2 Å². The number of aryl methyl sites for hydroxylation is 1. The maximum absolute atomic E-state index is 13.7. The Morgan fingerprint density at radius 2 is 1.95 bits per heavy atom. The van der Waals surface area contributed by atoms with Crippen molar-refractivity contribution in [3.63, 3.8) is 0 Å². The Kier molecular flexibility index (Phi) is 3.73. The van der Waals surface area contributed by atoms with E-state index in [1.165, 1.54) is 6.20 Å². The average Bonchev–Trinajstić information content (AvgIpc) is 2.72. The molecular formula is C11H11F2N3O3S. The molecule has 2 rings (SSSR count). The third kappa shape index (κ3) is 2.94. The van der Waals surface area contributed by atoms with Gasteiger partial charge in [-0.25, -0.2) is 27.3 Å². The number of halogens is 2. The Morgan fingerprint density at radius 3 is 2.40 bits per heavy atom. The van der Waals surface area contributed by atoms with Crippen molar-refractivity contribution >= 4 is 10.0 Å². The highest BCUT2D eigenvalue weighted by molar-refractivity contribution is 7.89. The number of ether oxygens (including phenoxy) is 1. The van der Waals surface area contributed by atoms with E-state index in [0.717, 1.165) is 0 Å². The van der Waals surface area contributed by atoms with E-state index in [1.54, 1.807) is 17.8 Å². The van der Waals surface area contributed by atoms with Crippen LogP contribution in [0.3, 0.4) is 0 Å². The van der Waals surface area contributed by atoms with Gasteiger partial charge < -0.3 is 9.30 Å². The molecule has 0 amide bonds. The molecule has 1 aromatic heterocycles. The van der Waals surface area contributed by atoms with E-state index < -0.39 is 32.3 Å². The minimum absolute atomic E-state index is 0.161. The molecule has 6 nitrogen and oxygen atoms in total. The van der Waals surface area contributed by atoms with Crippen LogP contribution in [0.25, 0.3) is 0 Å². The summed E-state index contributed by atoms with van der Waals surface area (Å²) < 4.78 is 56.0. The van der Waals surface area contributed by atoms with Gasteiger partial charge in [-0.1, -0.05) is 0 Å².